The first kappa shape index (κ1) is 23.6. The van der Waals surface area contributed by atoms with Crippen LogP contribution in [0.15, 0.2) is 36.8 Å². The molecule has 0 aliphatic carbocycles. The Bertz CT molecular complexity index is 1340. The van der Waals surface area contributed by atoms with Gasteiger partial charge in [0, 0.05) is 31.7 Å². The highest BCUT2D eigenvalue weighted by Crippen LogP contribution is 2.25. The highest BCUT2D eigenvalue weighted by Gasteiger charge is 2.19. The molecule has 11 nitrogen and oxygen atoms in total. The summed E-state index contributed by atoms with van der Waals surface area (Å²) in [6.45, 7) is 0.759. The molecule has 34 heavy (non-hydrogen) atoms. The molecule has 1 amide bonds. The minimum absolute atomic E-state index is 0.00460. The number of hydrogen-bond donors (Lipinski definition) is 3. The number of anilines is 4. The summed E-state index contributed by atoms with van der Waals surface area (Å²) >= 11 is 6.27. The summed E-state index contributed by atoms with van der Waals surface area (Å²) in [7, 11) is -2.10. The van der Waals surface area contributed by atoms with Gasteiger partial charge in [0.25, 0.3) is 0 Å². The number of nitrogens with one attached hydrogen (secondary N) is 3. The van der Waals surface area contributed by atoms with E-state index in [0.717, 1.165) is 33.8 Å². The fraction of sp³-hybridized carbons (Fsp3) is 0.286. The van der Waals surface area contributed by atoms with Crippen molar-refractivity contribution >= 4 is 50.8 Å². The SMILES string of the molecule is CN(c1nccnc1CNc1nc(Nc2ccc3c(c2)CC(=O)NCC3)ncc1Cl)S(C)(=O)=O. The first-order chi connectivity index (χ1) is 16.2. The van der Waals surface area contributed by atoms with Gasteiger partial charge in [-0.15, -0.1) is 0 Å². The van der Waals surface area contributed by atoms with Crippen LogP contribution in [0.2, 0.25) is 5.02 Å². The lowest BCUT2D eigenvalue weighted by atomic mass is 10.0. The van der Waals surface area contributed by atoms with Crippen LogP contribution in [0.3, 0.4) is 0 Å². The quantitative estimate of drug-likeness (QED) is 0.441. The van der Waals surface area contributed by atoms with Gasteiger partial charge in [0.2, 0.25) is 21.9 Å². The standard InChI is InChI=1S/C21H23ClN8O3S/c1-30(34(2,32)33)20-17(23-7-8-25-20)12-26-19-16(22)11-27-21(29-19)28-15-4-3-13-5-6-24-18(31)10-14(13)9-15/h3-4,7-9,11H,5-6,10,12H2,1-2H3,(H,24,31)(H2,26,27,28,29). The molecular formula is C21H23ClN8O3S. The average Bonchev–Trinajstić information content (AvgIpc) is 2.98. The average molecular weight is 503 g/mol. The third kappa shape index (κ3) is 5.51. The summed E-state index contributed by atoms with van der Waals surface area (Å²) in [5.41, 5.74) is 3.23. The van der Waals surface area contributed by atoms with Gasteiger partial charge in [-0.05, 0) is 29.7 Å². The minimum Gasteiger partial charge on any atom is -0.363 e. The highest BCUT2D eigenvalue weighted by molar-refractivity contribution is 7.92. The summed E-state index contributed by atoms with van der Waals surface area (Å²) in [4.78, 5) is 28.9. The smallest absolute Gasteiger partial charge is 0.233 e. The van der Waals surface area contributed by atoms with Crippen molar-refractivity contribution in [2.24, 2.45) is 0 Å². The van der Waals surface area contributed by atoms with Gasteiger partial charge in [-0.2, -0.15) is 4.98 Å². The molecule has 0 radical (unpaired) electrons. The van der Waals surface area contributed by atoms with Crippen LogP contribution in [0.4, 0.5) is 23.3 Å². The lowest BCUT2D eigenvalue weighted by molar-refractivity contribution is -0.120. The lowest BCUT2D eigenvalue weighted by Crippen LogP contribution is -2.27. The maximum atomic E-state index is 11.9. The number of halogens is 1. The zero-order valence-electron chi connectivity index (χ0n) is 18.5. The highest BCUT2D eigenvalue weighted by atomic mass is 35.5. The number of amides is 1. The van der Waals surface area contributed by atoms with Crippen LogP contribution in [0.25, 0.3) is 0 Å². The maximum Gasteiger partial charge on any atom is 0.233 e. The van der Waals surface area contributed by atoms with E-state index in [1.165, 1.54) is 25.6 Å². The molecule has 13 heteroatoms. The van der Waals surface area contributed by atoms with Crippen molar-refractivity contribution in [1.29, 1.82) is 0 Å². The predicted molar refractivity (Wildman–Crippen MR) is 130 cm³/mol. The summed E-state index contributed by atoms with van der Waals surface area (Å²) in [5, 5.41) is 9.35. The first-order valence-electron chi connectivity index (χ1n) is 10.4. The van der Waals surface area contributed by atoms with Gasteiger partial charge in [0.05, 0.1) is 25.4 Å². The molecule has 4 rings (SSSR count). The van der Waals surface area contributed by atoms with E-state index in [2.05, 4.69) is 35.9 Å². The topological polar surface area (TPSA) is 142 Å². The van der Waals surface area contributed by atoms with E-state index in [9.17, 15) is 13.2 Å². The van der Waals surface area contributed by atoms with Crippen molar-refractivity contribution in [2.45, 2.75) is 19.4 Å². The lowest BCUT2D eigenvalue weighted by Gasteiger charge is -2.18. The van der Waals surface area contributed by atoms with Gasteiger partial charge >= 0.3 is 0 Å². The molecule has 1 aliphatic heterocycles. The van der Waals surface area contributed by atoms with Crippen LogP contribution in [0.5, 0.6) is 0 Å². The Balaban J connectivity index is 1.52. The van der Waals surface area contributed by atoms with Gasteiger partial charge in [-0.3, -0.25) is 14.1 Å². The maximum absolute atomic E-state index is 11.9. The zero-order chi connectivity index (χ0) is 24.3. The number of carbonyl (C=O) groups is 1. The number of aromatic nitrogens is 4. The van der Waals surface area contributed by atoms with Crippen molar-refractivity contribution in [3.8, 4) is 0 Å². The Hall–Kier alpha value is -3.51. The Morgan fingerprint density at radius 1 is 1.18 bits per heavy atom. The summed E-state index contributed by atoms with van der Waals surface area (Å²) in [6, 6.07) is 5.81. The van der Waals surface area contributed by atoms with Crippen molar-refractivity contribution in [3.63, 3.8) is 0 Å². The number of nitrogens with zero attached hydrogens (tertiary/aromatic N) is 5. The summed E-state index contributed by atoms with van der Waals surface area (Å²) < 4.78 is 24.9. The fourth-order valence-corrected chi connectivity index (χ4v) is 4.06. The number of rotatable bonds is 7. The van der Waals surface area contributed by atoms with Gasteiger partial charge in [0.15, 0.2) is 11.6 Å². The molecule has 3 heterocycles. The second-order valence-corrected chi connectivity index (χ2v) is 10.1. The molecule has 0 saturated heterocycles. The number of benzene rings is 1. The van der Waals surface area contributed by atoms with Gasteiger partial charge in [-0.25, -0.2) is 18.4 Å². The predicted octanol–water partition coefficient (Wildman–Crippen LogP) is 1.89. The van der Waals surface area contributed by atoms with Crippen LogP contribution in [-0.4, -0.2) is 54.1 Å². The summed E-state index contributed by atoms with van der Waals surface area (Å²) in [5.74, 6) is 0.842. The van der Waals surface area contributed by atoms with Crippen LogP contribution in [-0.2, 0) is 34.2 Å². The van der Waals surface area contributed by atoms with Crippen molar-refractivity contribution in [2.75, 3.05) is 34.8 Å². The van der Waals surface area contributed by atoms with E-state index >= 15 is 0 Å². The van der Waals surface area contributed by atoms with Crippen LogP contribution in [0.1, 0.15) is 16.8 Å². The Kier molecular flexibility index (Phi) is 6.80. The third-order valence-electron chi connectivity index (χ3n) is 5.25. The van der Waals surface area contributed by atoms with Crippen LogP contribution >= 0.6 is 11.6 Å². The molecule has 3 N–H and O–H groups in total. The minimum atomic E-state index is -3.51. The Labute approximate surface area is 202 Å². The Morgan fingerprint density at radius 3 is 2.76 bits per heavy atom. The molecule has 0 saturated carbocycles. The Morgan fingerprint density at radius 2 is 1.97 bits per heavy atom. The number of sulfonamides is 1. The largest absolute Gasteiger partial charge is 0.363 e. The van der Waals surface area contributed by atoms with E-state index < -0.39 is 10.0 Å². The molecule has 178 valence electrons. The third-order valence-corrected chi connectivity index (χ3v) is 6.69. The molecule has 0 unspecified atom stereocenters. The second kappa shape index (κ2) is 9.77. The normalized spacial score (nSPS) is 13.4. The van der Waals surface area contributed by atoms with Gasteiger partial charge < -0.3 is 16.0 Å². The molecular weight excluding hydrogens is 480 g/mol. The van der Waals surface area contributed by atoms with Gasteiger partial charge in [-0.1, -0.05) is 17.7 Å². The molecule has 3 aromatic rings. The van der Waals surface area contributed by atoms with E-state index in [1.807, 2.05) is 18.2 Å². The number of fused-ring (bicyclic) bond motifs is 1. The molecule has 0 fully saturated rings. The monoisotopic (exact) mass is 502 g/mol. The first-order valence-corrected chi connectivity index (χ1v) is 12.6. The molecule has 0 spiro atoms. The number of hydrogen-bond acceptors (Lipinski definition) is 9. The van der Waals surface area contributed by atoms with E-state index in [4.69, 9.17) is 11.6 Å². The van der Waals surface area contributed by atoms with Crippen molar-refractivity contribution < 1.29 is 13.2 Å². The molecule has 0 bridgehead atoms. The molecule has 2 aromatic heterocycles. The molecule has 0 atom stereocenters. The second-order valence-electron chi connectivity index (χ2n) is 7.69. The van der Waals surface area contributed by atoms with Crippen molar-refractivity contribution in [3.05, 3.63) is 58.6 Å². The van der Waals surface area contributed by atoms with Crippen LogP contribution in [0, 0.1) is 0 Å². The molecule has 1 aliphatic rings. The van der Waals surface area contributed by atoms with Gasteiger partial charge in [0.1, 0.15) is 10.7 Å². The van der Waals surface area contributed by atoms with Crippen LogP contribution < -0.4 is 20.3 Å². The summed E-state index contributed by atoms with van der Waals surface area (Å²) in [6.07, 6.45) is 6.55. The molecule has 1 aromatic carbocycles. The van der Waals surface area contributed by atoms with E-state index in [-0.39, 0.29) is 23.3 Å². The fourth-order valence-electron chi connectivity index (χ4n) is 3.44. The zero-order valence-corrected chi connectivity index (χ0v) is 20.1. The number of carbonyl (C=O) groups excluding carboxylic acids is 1. The van der Waals surface area contributed by atoms with E-state index in [1.54, 1.807) is 0 Å². The van der Waals surface area contributed by atoms with Crippen molar-refractivity contribution in [1.82, 2.24) is 25.3 Å². The van der Waals surface area contributed by atoms with E-state index in [0.29, 0.717) is 30.4 Å².